The van der Waals surface area contributed by atoms with Gasteiger partial charge in [-0.05, 0) is 51.8 Å². The fourth-order valence-corrected chi connectivity index (χ4v) is 4.13. The maximum Gasteiger partial charge on any atom is 0.191 e. The molecule has 2 aliphatic carbocycles. The first-order valence-electron chi connectivity index (χ1n) is 9.02. The van der Waals surface area contributed by atoms with Gasteiger partial charge in [-0.15, -0.1) is 35.7 Å². The van der Waals surface area contributed by atoms with Gasteiger partial charge in [0.1, 0.15) is 0 Å². The first-order chi connectivity index (χ1) is 11.6. The number of guanidine groups is 1. The van der Waals surface area contributed by atoms with Gasteiger partial charge >= 0.3 is 0 Å². The Labute approximate surface area is 173 Å². The van der Waals surface area contributed by atoms with Gasteiger partial charge in [-0.2, -0.15) is 0 Å². The minimum Gasteiger partial charge on any atom is -0.355 e. The molecule has 140 valence electrons. The first-order valence-corrected chi connectivity index (χ1v) is 9.84. The van der Waals surface area contributed by atoms with E-state index in [1.807, 2.05) is 18.8 Å². The Morgan fingerprint density at radius 3 is 2.52 bits per heavy atom. The minimum atomic E-state index is 0. The number of halogens is 1. The fourth-order valence-electron chi connectivity index (χ4n) is 2.89. The van der Waals surface area contributed by atoms with E-state index in [-0.39, 0.29) is 24.0 Å². The number of hydrogen-bond donors (Lipinski definition) is 2. The number of hydrogen-bond acceptors (Lipinski definition) is 3. The molecule has 0 heterocycles. The number of aliphatic imine (C=N–C) groups is 1. The number of likely N-dealkylation sites (N-methyl/N-ethyl adjacent to an activating group) is 1. The standard InChI is InChI=1S/C19H30N4S.HI/c1-15(23(3)16-9-10-16)13-21-18(20-2)22-14-19(11-12-19)24-17-7-5-4-6-8-17;/h4-8,15-16H,9-14H2,1-3H3,(H2,20,21,22);1H. The third kappa shape index (κ3) is 6.32. The van der Waals surface area contributed by atoms with Gasteiger partial charge in [0.05, 0.1) is 0 Å². The van der Waals surface area contributed by atoms with E-state index < -0.39 is 0 Å². The molecule has 1 atom stereocenters. The van der Waals surface area contributed by atoms with E-state index in [1.54, 1.807) is 0 Å². The lowest BCUT2D eigenvalue weighted by molar-refractivity contribution is 0.247. The summed E-state index contributed by atoms with van der Waals surface area (Å²) in [6.45, 7) is 4.19. The summed E-state index contributed by atoms with van der Waals surface area (Å²) >= 11 is 2.00. The Kier molecular flexibility index (Phi) is 7.89. The second-order valence-electron chi connectivity index (χ2n) is 7.15. The number of benzene rings is 1. The topological polar surface area (TPSA) is 39.7 Å². The molecule has 4 nitrogen and oxygen atoms in total. The Morgan fingerprint density at radius 2 is 1.96 bits per heavy atom. The summed E-state index contributed by atoms with van der Waals surface area (Å²) in [7, 11) is 4.09. The molecule has 0 saturated heterocycles. The van der Waals surface area contributed by atoms with Crippen LogP contribution in [0.15, 0.2) is 40.2 Å². The van der Waals surface area contributed by atoms with E-state index in [0.717, 1.165) is 25.1 Å². The van der Waals surface area contributed by atoms with Crippen LogP contribution in [0.25, 0.3) is 0 Å². The van der Waals surface area contributed by atoms with Crippen LogP contribution in [0.2, 0.25) is 0 Å². The molecular weight excluding hydrogens is 443 g/mol. The van der Waals surface area contributed by atoms with Crippen LogP contribution in [0.5, 0.6) is 0 Å². The molecule has 2 N–H and O–H groups in total. The van der Waals surface area contributed by atoms with Crippen molar-refractivity contribution in [1.82, 2.24) is 15.5 Å². The average molecular weight is 474 g/mol. The summed E-state index contributed by atoms with van der Waals surface area (Å²) in [6.07, 6.45) is 5.26. The predicted octanol–water partition coefficient (Wildman–Crippen LogP) is 3.58. The third-order valence-electron chi connectivity index (χ3n) is 5.07. The molecule has 25 heavy (non-hydrogen) atoms. The largest absolute Gasteiger partial charge is 0.355 e. The molecule has 2 aliphatic rings. The molecule has 6 heteroatoms. The predicted molar refractivity (Wildman–Crippen MR) is 119 cm³/mol. The van der Waals surface area contributed by atoms with E-state index in [9.17, 15) is 0 Å². The SMILES string of the molecule is CN=C(NCC(C)N(C)C1CC1)NCC1(Sc2ccccc2)CC1.I. The second-order valence-corrected chi connectivity index (χ2v) is 8.69. The van der Waals surface area contributed by atoms with Crippen molar-refractivity contribution < 1.29 is 0 Å². The van der Waals surface area contributed by atoms with E-state index in [4.69, 9.17) is 0 Å². The highest BCUT2D eigenvalue weighted by Crippen LogP contribution is 2.51. The average Bonchev–Trinajstić information content (AvgIpc) is 3.51. The lowest BCUT2D eigenvalue weighted by atomic mass is 10.3. The van der Waals surface area contributed by atoms with Crippen LogP contribution in [-0.4, -0.2) is 54.9 Å². The van der Waals surface area contributed by atoms with Gasteiger partial charge in [-0.3, -0.25) is 9.89 Å². The molecule has 0 spiro atoms. The van der Waals surface area contributed by atoms with Crippen LogP contribution in [0.4, 0.5) is 0 Å². The van der Waals surface area contributed by atoms with Crippen LogP contribution in [0.1, 0.15) is 32.6 Å². The highest BCUT2D eigenvalue weighted by atomic mass is 127. The summed E-state index contributed by atoms with van der Waals surface area (Å²) in [5.74, 6) is 0.922. The number of thioether (sulfide) groups is 1. The Hall–Kier alpha value is -0.470. The fraction of sp³-hybridized carbons (Fsp3) is 0.632. The molecule has 0 radical (unpaired) electrons. The van der Waals surface area contributed by atoms with Crippen molar-refractivity contribution in [2.24, 2.45) is 4.99 Å². The Balaban J connectivity index is 0.00000225. The lowest BCUT2D eigenvalue weighted by Crippen LogP contribution is -2.47. The van der Waals surface area contributed by atoms with Crippen LogP contribution in [-0.2, 0) is 0 Å². The molecule has 0 aliphatic heterocycles. The van der Waals surface area contributed by atoms with Crippen molar-refractivity contribution in [2.75, 3.05) is 27.2 Å². The zero-order valence-electron chi connectivity index (χ0n) is 15.5. The molecule has 2 saturated carbocycles. The van der Waals surface area contributed by atoms with Crippen molar-refractivity contribution in [3.8, 4) is 0 Å². The summed E-state index contributed by atoms with van der Waals surface area (Å²) in [6, 6.07) is 12.0. The van der Waals surface area contributed by atoms with E-state index in [0.29, 0.717) is 10.8 Å². The summed E-state index contributed by atoms with van der Waals surface area (Å²) in [5.41, 5.74) is 0. The second kappa shape index (κ2) is 9.46. The lowest BCUT2D eigenvalue weighted by Gasteiger charge is -2.26. The highest BCUT2D eigenvalue weighted by Gasteiger charge is 2.43. The molecule has 3 rings (SSSR count). The van der Waals surface area contributed by atoms with Crippen LogP contribution >= 0.6 is 35.7 Å². The molecule has 1 unspecified atom stereocenters. The molecule has 0 aromatic heterocycles. The van der Waals surface area contributed by atoms with Gasteiger partial charge in [0.25, 0.3) is 0 Å². The smallest absolute Gasteiger partial charge is 0.191 e. The van der Waals surface area contributed by atoms with Crippen molar-refractivity contribution in [3.63, 3.8) is 0 Å². The van der Waals surface area contributed by atoms with Crippen LogP contribution in [0.3, 0.4) is 0 Å². The molecule has 0 bridgehead atoms. The van der Waals surface area contributed by atoms with Crippen molar-refractivity contribution in [2.45, 2.75) is 54.3 Å². The van der Waals surface area contributed by atoms with E-state index >= 15 is 0 Å². The van der Waals surface area contributed by atoms with Gasteiger partial charge in [0, 0.05) is 41.9 Å². The maximum absolute atomic E-state index is 4.38. The maximum atomic E-state index is 4.38. The van der Waals surface area contributed by atoms with E-state index in [2.05, 4.69) is 64.8 Å². The third-order valence-corrected chi connectivity index (χ3v) is 6.56. The number of rotatable bonds is 8. The number of nitrogens with zero attached hydrogens (tertiary/aromatic N) is 2. The van der Waals surface area contributed by atoms with Crippen LogP contribution < -0.4 is 10.6 Å². The zero-order valence-corrected chi connectivity index (χ0v) is 18.6. The van der Waals surface area contributed by atoms with Crippen molar-refractivity contribution in [3.05, 3.63) is 30.3 Å². The normalized spacial score (nSPS) is 19.9. The van der Waals surface area contributed by atoms with Gasteiger partial charge in [0.2, 0.25) is 0 Å². The van der Waals surface area contributed by atoms with Crippen LogP contribution in [0, 0.1) is 0 Å². The van der Waals surface area contributed by atoms with E-state index in [1.165, 1.54) is 30.6 Å². The Morgan fingerprint density at radius 1 is 1.28 bits per heavy atom. The van der Waals surface area contributed by atoms with Gasteiger partial charge in [-0.25, -0.2) is 0 Å². The first kappa shape index (κ1) is 20.8. The molecule has 0 amide bonds. The molecule has 1 aromatic rings. The molecule has 2 fully saturated rings. The summed E-state index contributed by atoms with van der Waals surface area (Å²) < 4.78 is 0.343. The summed E-state index contributed by atoms with van der Waals surface area (Å²) in [4.78, 5) is 8.23. The molecule has 1 aromatic carbocycles. The number of nitrogens with one attached hydrogen (secondary N) is 2. The summed E-state index contributed by atoms with van der Waals surface area (Å²) in [5, 5.41) is 7.02. The van der Waals surface area contributed by atoms with Gasteiger partial charge < -0.3 is 10.6 Å². The minimum absolute atomic E-state index is 0. The van der Waals surface area contributed by atoms with Crippen molar-refractivity contribution >= 4 is 41.7 Å². The quantitative estimate of drug-likeness (QED) is 0.343. The molecular formula is C19H31IN4S. The van der Waals surface area contributed by atoms with Gasteiger partial charge in [0.15, 0.2) is 5.96 Å². The highest BCUT2D eigenvalue weighted by molar-refractivity contribution is 14.0. The Bertz CT molecular complexity index is 558. The van der Waals surface area contributed by atoms with Crippen molar-refractivity contribution in [1.29, 1.82) is 0 Å². The zero-order chi connectivity index (χ0) is 17.0. The monoisotopic (exact) mass is 474 g/mol. The van der Waals surface area contributed by atoms with Gasteiger partial charge in [-0.1, -0.05) is 18.2 Å².